The molecule has 0 saturated carbocycles. The van der Waals surface area contributed by atoms with Gasteiger partial charge in [0.25, 0.3) is 5.91 Å². The molecule has 2 aliphatic rings. The normalized spacial score (nSPS) is 22.1. The van der Waals surface area contributed by atoms with Crippen LogP contribution in [0.25, 0.3) is 0 Å². The summed E-state index contributed by atoms with van der Waals surface area (Å²) in [6.45, 7) is 11.7. The summed E-state index contributed by atoms with van der Waals surface area (Å²) in [6.07, 6.45) is 5.09. The Balaban J connectivity index is 1.49. The van der Waals surface area contributed by atoms with E-state index >= 15 is 0 Å². The molecule has 0 radical (unpaired) electrons. The molecule has 2 fully saturated rings. The lowest BCUT2D eigenvalue weighted by molar-refractivity contribution is 0.0379. The van der Waals surface area contributed by atoms with Crippen LogP contribution in [0.4, 0.5) is 0 Å². The van der Waals surface area contributed by atoms with Crippen molar-refractivity contribution < 1.29 is 9.53 Å². The van der Waals surface area contributed by atoms with Crippen LogP contribution in [0.5, 0.6) is 0 Å². The van der Waals surface area contributed by atoms with Crippen LogP contribution in [0.1, 0.15) is 67.2 Å². The maximum atomic E-state index is 12.9. The van der Waals surface area contributed by atoms with Crippen molar-refractivity contribution in [3.8, 4) is 0 Å². The number of amides is 1. The van der Waals surface area contributed by atoms with E-state index < -0.39 is 0 Å². The lowest BCUT2D eigenvalue weighted by Gasteiger charge is -2.26. The molecular weight excluding hydrogens is 316 g/mol. The predicted molar refractivity (Wildman–Crippen MR) is 98.0 cm³/mol. The number of rotatable bonds is 6. The van der Waals surface area contributed by atoms with E-state index in [1.807, 2.05) is 11.8 Å². The summed E-state index contributed by atoms with van der Waals surface area (Å²) in [4.78, 5) is 17.3. The molecule has 1 N–H and O–H groups in total. The number of hydrogen-bond acceptors (Lipinski definition) is 4. The van der Waals surface area contributed by atoms with Crippen LogP contribution >= 0.6 is 0 Å². The van der Waals surface area contributed by atoms with Gasteiger partial charge < -0.3 is 14.5 Å². The molecule has 3 rings (SSSR count). The Morgan fingerprint density at radius 3 is 2.76 bits per heavy atom. The van der Waals surface area contributed by atoms with E-state index in [0.29, 0.717) is 6.54 Å². The Morgan fingerprint density at radius 1 is 1.28 bits per heavy atom. The number of carbonyl (C=O) groups excluding carboxylic acids is 1. The van der Waals surface area contributed by atoms with E-state index in [0.717, 1.165) is 43.1 Å². The summed E-state index contributed by atoms with van der Waals surface area (Å²) in [6, 6.07) is 0. The summed E-state index contributed by atoms with van der Waals surface area (Å²) >= 11 is 0. The van der Waals surface area contributed by atoms with Crippen molar-refractivity contribution in [2.24, 2.45) is 0 Å². The molecule has 1 atom stereocenters. The minimum Gasteiger partial charge on any atom is -0.375 e. The van der Waals surface area contributed by atoms with Crippen LogP contribution in [0.2, 0.25) is 0 Å². The smallest absolute Gasteiger partial charge is 0.257 e. The molecule has 3 heterocycles. The van der Waals surface area contributed by atoms with Gasteiger partial charge in [0.2, 0.25) is 0 Å². The fraction of sp³-hybridized carbons (Fsp3) is 0.789. The van der Waals surface area contributed by atoms with E-state index in [4.69, 9.17) is 4.74 Å². The number of aryl methyl sites for hydroxylation is 1. The lowest BCUT2D eigenvalue weighted by Crippen LogP contribution is -2.34. The second-order valence-corrected chi connectivity index (χ2v) is 7.70. The monoisotopic (exact) mass is 348 g/mol. The highest BCUT2D eigenvalue weighted by molar-refractivity contribution is 5.96. The zero-order valence-electron chi connectivity index (χ0n) is 15.9. The number of nitrogens with zero attached hydrogens (tertiary/aromatic N) is 3. The Kier molecular flexibility index (Phi) is 6.12. The first-order chi connectivity index (χ1) is 12.1. The van der Waals surface area contributed by atoms with Gasteiger partial charge in [-0.05, 0) is 45.2 Å². The maximum Gasteiger partial charge on any atom is 0.257 e. The Hall–Kier alpha value is -1.40. The zero-order valence-corrected chi connectivity index (χ0v) is 15.9. The zero-order chi connectivity index (χ0) is 17.8. The molecule has 6 heteroatoms. The van der Waals surface area contributed by atoms with Crippen LogP contribution in [0.15, 0.2) is 0 Å². The number of H-pyrrole nitrogens is 1. The summed E-state index contributed by atoms with van der Waals surface area (Å²) in [5.41, 5.74) is 2.49. The van der Waals surface area contributed by atoms with Crippen molar-refractivity contribution >= 4 is 5.91 Å². The second-order valence-electron chi connectivity index (χ2n) is 7.70. The maximum absolute atomic E-state index is 12.9. The average molecular weight is 348 g/mol. The van der Waals surface area contributed by atoms with Gasteiger partial charge in [-0.25, -0.2) is 0 Å². The van der Waals surface area contributed by atoms with Crippen LogP contribution in [0.3, 0.4) is 0 Å². The highest BCUT2D eigenvalue weighted by Gasteiger charge is 2.31. The van der Waals surface area contributed by atoms with Crippen molar-refractivity contribution in [3.63, 3.8) is 0 Å². The number of nitrogens with one attached hydrogen (secondary N) is 1. The topological polar surface area (TPSA) is 61.5 Å². The van der Waals surface area contributed by atoms with Gasteiger partial charge in [0.05, 0.1) is 24.0 Å². The number of piperidine rings is 1. The number of hydrogen-bond donors (Lipinski definition) is 1. The van der Waals surface area contributed by atoms with Crippen molar-refractivity contribution in [1.82, 2.24) is 20.0 Å². The highest BCUT2D eigenvalue weighted by Crippen LogP contribution is 2.24. The van der Waals surface area contributed by atoms with Crippen molar-refractivity contribution in [1.29, 1.82) is 0 Å². The molecule has 0 aromatic carbocycles. The van der Waals surface area contributed by atoms with Gasteiger partial charge in [-0.15, -0.1) is 0 Å². The predicted octanol–water partition coefficient (Wildman–Crippen LogP) is 2.56. The Bertz CT molecular complexity index is 578. The van der Waals surface area contributed by atoms with E-state index in [9.17, 15) is 4.79 Å². The summed E-state index contributed by atoms with van der Waals surface area (Å²) in [5.74, 6) is 0.333. The Labute approximate surface area is 150 Å². The SMILES string of the molecule is Cc1[nH]nc(C(C)C)c1C(=O)N1CC[C@H](OCCN2CCCCC2)C1. The molecule has 0 aliphatic carbocycles. The van der Waals surface area contributed by atoms with Crippen LogP contribution < -0.4 is 0 Å². The molecule has 6 nitrogen and oxygen atoms in total. The Morgan fingerprint density at radius 2 is 2.04 bits per heavy atom. The molecule has 2 aliphatic heterocycles. The summed E-state index contributed by atoms with van der Waals surface area (Å²) < 4.78 is 6.05. The number of carbonyl (C=O) groups is 1. The number of aromatic amines is 1. The van der Waals surface area contributed by atoms with Gasteiger partial charge in [-0.1, -0.05) is 20.3 Å². The van der Waals surface area contributed by atoms with Crippen LogP contribution in [-0.2, 0) is 4.74 Å². The van der Waals surface area contributed by atoms with Crippen molar-refractivity contribution in [2.45, 2.75) is 58.5 Å². The van der Waals surface area contributed by atoms with E-state index in [2.05, 4.69) is 28.9 Å². The van der Waals surface area contributed by atoms with Gasteiger partial charge in [0, 0.05) is 25.3 Å². The second kappa shape index (κ2) is 8.32. The highest BCUT2D eigenvalue weighted by atomic mass is 16.5. The first-order valence-corrected chi connectivity index (χ1v) is 9.74. The van der Waals surface area contributed by atoms with Crippen molar-refractivity contribution in [3.05, 3.63) is 17.0 Å². The molecule has 0 bridgehead atoms. The lowest BCUT2D eigenvalue weighted by atomic mass is 10.0. The number of ether oxygens (including phenoxy) is 1. The first-order valence-electron chi connectivity index (χ1n) is 9.74. The molecule has 0 spiro atoms. The average Bonchev–Trinajstić information content (AvgIpc) is 3.22. The third-order valence-electron chi connectivity index (χ3n) is 5.38. The minimum atomic E-state index is 0.0945. The molecule has 1 amide bonds. The van der Waals surface area contributed by atoms with Crippen LogP contribution in [0, 0.1) is 6.92 Å². The molecule has 1 aromatic rings. The largest absolute Gasteiger partial charge is 0.375 e. The fourth-order valence-electron chi connectivity index (χ4n) is 3.87. The van der Waals surface area contributed by atoms with E-state index in [1.54, 1.807) is 0 Å². The van der Waals surface area contributed by atoms with Gasteiger partial charge >= 0.3 is 0 Å². The first kappa shape index (κ1) is 18.4. The molecule has 1 aromatic heterocycles. The summed E-state index contributed by atoms with van der Waals surface area (Å²) in [7, 11) is 0. The molecular formula is C19H32N4O2. The summed E-state index contributed by atoms with van der Waals surface area (Å²) in [5, 5.41) is 7.29. The fourth-order valence-corrected chi connectivity index (χ4v) is 3.87. The third-order valence-corrected chi connectivity index (χ3v) is 5.38. The van der Waals surface area contributed by atoms with E-state index in [1.165, 1.54) is 32.4 Å². The van der Waals surface area contributed by atoms with Crippen LogP contribution in [-0.4, -0.2) is 71.3 Å². The molecule has 140 valence electrons. The number of aromatic nitrogens is 2. The standard InChI is InChI=1S/C19H32N4O2/c1-14(2)18-17(15(3)20-21-18)19(24)23-10-7-16(13-23)25-12-11-22-8-5-4-6-9-22/h14,16H,4-13H2,1-3H3,(H,20,21)/t16-/m0/s1. The van der Waals surface area contributed by atoms with Crippen molar-refractivity contribution in [2.75, 3.05) is 39.3 Å². The molecule has 25 heavy (non-hydrogen) atoms. The van der Waals surface area contributed by atoms with E-state index in [-0.39, 0.29) is 17.9 Å². The third kappa shape index (κ3) is 4.42. The van der Waals surface area contributed by atoms with Gasteiger partial charge in [-0.2, -0.15) is 5.10 Å². The van der Waals surface area contributed by atoms with Gasteiger partial charge in [-0.3, -0.25) is 9.89 Å². The quantitative estimate of drug-likeness (QED) is 0.858. The number of likely N-dealkylation sites (tertiary alicyclic amines) is 2. The molecule has 0 unspecified atom stereocenters. The van der Waals surface area contributed by atoms with Gasteiger partial charge in [0.15, 0.2) is 0 Å². The minimum absolute atomic E-state index is 0.0945. The van der Waals surface area contributed by atoms with Gasteiger partial charge in [0.1, 0.15) is 0 Å². The molecule has 2 saturated heterocycles.